The molecule has 1 fully saturated rings. The largest absolute Gasteiger partial charge is 0.434 e. The Morgan fingerprint density at radius 1 is 1.04 bits per heavy atom. The monoisotopic (exact) mass is 709 g/mol. The first-order chi connectivity index (χ1) is 23.6. The van der Waals surface area contributed by atoms with Gasteiger partial charge in [0.1, 0.15) is 11.6 Å². The fraction of sp³-hybridized carbons (Fsp3) is 0.371. The highest BCUT2D eigenvalue weighted by atomic mass is 35.5. The first kappa shape index (κ1) is 36.1. The van der Waals surface area contributed by atoms with E-state index in [2.05, 4.69) is 15.0 Å². The first-order valence-electron chi connectivity index (χ1n) is 16.2. The van der Waals surface area contributed by atoms with Crippen LogP contribution in [0, 0.1) is 0 Å². The Balaban J connectivity index is 1.34. The van der Waals surface area contributed by atoms with Gasteiger partial charge >= 0.3 is 0 Å². The SMILES string of the molecule is CCNS(=O)(=O)c1ccc(CC(=O)N2C[C@H](OCc3ccc(Cl)cc3)C[C@H]2C(=O)N[C@@H](CCCCN)C(=O)c2nc3ccccc3o2)cc1. The number of oxazole rings is 1. The maximum Gasteiger partial charge on any atom is 0.266 e. The number of carbonyl (C=O) groups is 3. The molecule has 12 nitrogen and oxygen atoms in total. The number of ketones is 1. The quantitative estimate of drug-likeness (QED) is 0.115. The lowest BCUT2D eigenvalue weighted by Crippen LogP contribution is -2.51. The summed E-state index contributed by atoms with van der Waals surface area (Å²) >= 11 is 6.02. The molecule has 0 saturated carbocycles. The predicted octanol–water partition coefficient (Wildman–Crippen LogP) is 4.00. The Morgan fingerprint density at radius 3 is 2.45 bits per heavy atom. The molecule has 2 heterocycles. The normalized spacial score (nSPS) is 16.9. The fourth-order valence-electron chi connectivity index (χ4n) is 5.73. The van der Waals surface area contributed by atoms with Crippen LogP contribution in [-0.2, 0) is 37.4 Å². The Hall–Kier alpha value is -4.14. The van der Waals surface area contributed by atoms with Crippen molar-refractivity contribution in [3.8, 4) is 0 Å². The minimum Gasteiger partial charge on any atom is -0.434 e. The molecule has 0 aliphatic carbocycles. The third-order valence-electron chi connectivity index (χ3n) is 8.29. The van der Waals surface area contributed by atoms with Crippen molar-refractivity contribution in [1.82, 2.24) is 19.9 Å². The number of amides is 2. The average molecular weight is 710 g/mol. The number of hydrogen-bond acceptors (Lipinski definition) is 9. The number of fused-ring (bicyclic) bond motifs is 1. The van der Waals surface area contributed by atoms with E-state index >= 15 is 0 Å². The number of benzene rings is 3. The molecule has 49 heavy (non-hydrogen) atoms. The summed E-state index contributed by atoms with van der Waals surface area (Å²) in [6.07, 6.45) is 1.20. The summed E-state index contributed by atoms with van der Waals surface area (Å²) in [6.45, 7) is 2.76. The van der Waals surface area contributed by atoms with Gasteiger partial charge < -0.3 is 25.1 Å². The zero-order chi connectivity index (χ0) is 35.0. The molecule has 260 valence electrons. The van der Waals surface area contributed by atoms with Crippen molar-refractivity contribution in [1.29, 1.82) is 0 Å². The Morgan fingerprint density at radius 2 is 1.76 bits per heavy atom. The molecule has 4 aromatic rings. The maximum absolute atomic E-state index is 14.0. The Labute approximate surface area is 290 Å². The van der Waals surface area contributed by atoms with Gasteiger partial charge in [0.25, 0.3) is 5.89 Å². The van der Waals surface area contributed by atoms with Crippen molar-refractivity contribution in [2.45, 2.75) is 68.7 Å². The number of halogens is 1. The number of para-hydroxylation sites is 2. The van der Waals surface area contributed by atoms with Crippen molar-refractivity contribution in [3.63, 3.8) is 0 Å². The van der Waals surface area contributed by atoms with Crippen molar-refractivity contribution in [3.05, 3.63) is 94.8 Å². The average Bonchev–Trinajstić information content (AvgIpc) is 3.73. The molecule has 1 saturated heterocycles. The summed E-state index contributed by atoms with van der Waals surface area (Å²) in [5, 5.41) is 3.47. The van der Waals surface area contributed by atoms with Gasteiger partial charge in [0, 0.05) is 24.5 Å². The lowest BCUT2D eigenvalue weighted by molar-refractivity contribution is -0.138. The van der Waals surface area contributed by atoms with Crippen LogP contribution < -0.4 is 15.8 Å². The third-order valence-corrected chi connectivity index (χ3v) is 10.1. The van der Waals surface area contributed by atoms with Crippen LogP contribution in [0.1, 0.15) is 54.4 Å². The number of Topliss-reactive ketones (excluding diaryl/α,β-unsaturated/α-hetero) is 1. The van der Waals surface area contributed by atoms with Crippen LogP contribution in [-0.4, -0.2) is 73.7 Å². The highest BCUT2D eigenvalue weighted by Gasteiger charge is 2.41. The Bertz CT molecular complexity index is 1830. The van der Waals surface area contributed by atoms with Gasteiger partial charge in [-0.3, -0.25) is 14.4 Å². The van der Waals surface area contributed by atoms with Crippen molar-refractivity contribution >= 4 is 50.3 Å². The number of unbranched alkanes of at least 4 members (excludes halogenated alkanes) is 1. The fourth-order valence-corrected chi connectivity index (χ4v) is 6.90. The molecule has 0 bridgehead atoms. The highest BCUT2D eigenvalue weighted by Crippen LogP contribution is 2.25. The van der Waals surface area contributed by atoms with E-state index < -0.39 is 39.9 Å². The predicted molar refractivity (Wildman–Crippen MR) is 184 cm³/mol. The van der Waals surface area contributed by atoms with Gasteiger partial charge in [-0.15, -0.1) is 0 Å². The summed E-state index contributed by atoms with van der Waals surface area (Å²) in [4.78, 5) is 47.2. The topological polar surface area (TPSA) is 174 Å². The number of sulfonamides is 1. The van der Waals surface area contributed by atoms with Crippen LogP contribution in [0.3, 0.4) is 0 Å². The number of nitrogens with one attached hydrogen (secondary N) is 2. The molecule has 4 N–H and O–H groups in total. The van der Waals surface area contributed by atoms with E-state index in [4.69, 9.17) is 26.5 Å². The van der Waals surface area contributed by atoms with Crippen molar-refractivity contribution in [2.75, 3.05) is 19.6 Å². The summed E-state index contributed by atoms with van der Waals surface area (Å²) in [5.74, 6) is -1.42. The number of aromatic nitrogens is 1. The second-order valence-corrected chi connectivity index (χ2v) is 14.1. The van der Waals surface area contributed by atoms with Crippen molar-refractivity contribution < 1.29 is 32.0 Å². The molecular weight excluding hydrogens is 670 g/mol. The van der Waals surface area contributed by atoms with Crippen LogP contribution in [0.5, 0.6) is 0 Å². The molecule has 1 aliphatic rings. The molecule has 3 atom stereocenters. The summed E-state index contributed by atoms with van der Waals surface area (Å²) < 4.78 is 39.1. The number of hydrogen-bond donors (Lipinski definition) is 3. The zero-order valence-corrected chi connectivity index (χ0v) is 28.7. The van der Waals surface area contributed by atoms with Crippen LogP contribution in [0.25, 0.3) is 11.1 Å². The lowest BCUT2D eigenvalue weighted by Gasteiger charge is -2.26. The van der Waals surface area contributed by atoms with Gasteiger partial charge in [-0.05, 0) is 73.3 Å². The van der Waals surface area contributed by atoms with E-state index in [0.29, 0.717) is 47.5 Å². The molecule has 1 aromatic heterocycles. The second kappa shape index (κ2) is 16.5. The van der Waals surface area contributed by atoms with E-state index in [-0.39, 0.29) is 49.2 Å². The molecule has 0 spiro atoms. The minimum atomic E-state index is -3.65. The first-order valence-corrected chi connectivity index (χ1v) is 18.1. The Kier molecular flexibility index (Phi) is 12.2. The standard InChI is InChI=1S/C35H40ClN5O7S/c1-2-38-49(45,46)27-16-12-23(13-17-27)19-32(42)41-21-26(47-22-24-10-14-25(36)15-11-24)20-30(41)34(44)39-29(8-5-6-18-37)33(43)35-40-28-7-3-4-9-31(28)48-35/h3-4,7,9-17,26,29-30,38H,2,5-6,8,18-22,37H2,1H3,(H,39,44)/t26-,29+,30+/m1/s1. The maximum atomic E-state index is 14.0. The molecule has 0 unspecified atom stereocenters. The number of nitrogens with zero attached hydrogens (tertiary/aromatic N) is 2. The number of rotatable bonds is 16. The number of ether oxygens (including phenoxy) is 1. The molecule has 0 radical (unpaired) electrons. The number of carbonyl (C=O) groups excluding carboxylic acids is 3. The second-order valence-electron chi connectivity index (χ2n) is 11.9. The van der Waals surface area contributed by atoms with E-state index in [1.165, 1.54) is 17.0 Å². The van der Waals surface area contributed by atoms with E-state index in [0.717, 1.165) is 5.56 Å². The van der Waals surface area contributed by atoms with E-state index in [1.807, 2.05) is 12.1 Å². The van der Waals surface area contributed by atoms with E-state index in [9.17, 15) is 22.8 Å². The summed E-state index contributed by atoms with van der Waals surface area (Å²) in [7, 11) is -3.65. The third kappa shape index (κ3) is 9.31. The lowest BCUT2D eigenvalue weighted by atomic mass is 10.0. The smallest absolute Gasteiger partial charge is 0.266 e. The van der Waals surface area contributed by atoms with Crippen LogP contribution >= 0.6 is 11.6 Å². The molecule has 2 amide bonds. The summed E-state index contributed by atoms with van der Waals surface area (Å²) in [5.41, 5.74) is 8.15. The van der Waals surface area contributed by atoms with Gasteiger partial charge in [-0.1, -0.05) is 54.9 Å². The summed E-state index contributed by atoms with van der Waals surface area (Å²) in [6, 6.07) is 18.4. The van der Waals surface area contributed by atoms with Gasteiger partial charge in [-0.25, -0.2) is 18.1 Å². The van der Waals surface area contributed by atoms with Gasteiger partial charge in [-0.2, -0.15) is 0 Å². The molecule has 5 rings (SSSR count). The van der Waals surface area contributed by atoms with E-state index in [1.54, 1.807) is 55.5 Å². The van der Waals surface area contributed by atoms with Crippen LogP contribution in [0.4, 0.5) is 0 Å². The molecule has 3 aromatic carbocycles. The van der Waals surface area contributed by atoms with Gasteiger partial charge in [0.15, 0.2) is 5.58 Å². The van der Waals surface area contributed by atoms with Crippen LogP contribution in [0.2, 0.25) is 5.02 Å². The minimum absolute atomic E-state index is 0.0724. The van der Waals surface area contributed by atoms with Gasteiger partial charge in [0.2, 0.25) is 27.6 Å². The zero-order valence-electron chi connectivity index (χ0n) is 27.1. The highest BCUT2D eigenvalue weighted by molar-refractivity contribution is 7.89. The van der Waals surface area contributed by atoms with Gasteiger partial charge in [0.05, 0.1) is 30.1 Å². The number of likely N-dealkylation sites (tertiary alicyclic amines) is 1. The van der Waals surface area contributed by atoms with Crippen molar-refractivity contribution in [2.24, 2.45) is 5.73 Å². The molecular formula is C35H40ClN5O7S. The molecule has 14 heteroatoms. The van der Waals surface area contributed by atoms with Crippen LogP contribution in [0.15, 0.2) is 82.1 Å². The molecule has 1 aliphatic heterocycles. The number of nitrogens with two attached hydrogens (primary N) is 1.